The van der Waals surface area contributed by atoms with Crippen molar-refractivity contribution in [2.45, 2.75) is 31.6 Å². The van der Waals surface area contributed by atoms with Crippen molar-refractivity contribution in [3.05, 3.63) is 29.3 Å². The fraction of sp³-hybridized carbons (Fsp3) is 0.600. The highest BCUT2D eigenvalue weighted by molar-refractivity contribution is 7.89. The Kier molecular flexibility index (Phi) is 6.86. The standard InChI is InChI=1S/C20H28ClN3O4S/c1-15(2)19(25)23-9-3-4-16(14-23)20(26)22-10-12-24(13-11-22)29(27,28)18-7-5-17(21)6-8-18/h5-8,15-16H,3-4,9-14H2,1-2H3. The van der Waals surface area contributed by atoms with Gasteiger partial charge in [0.05, 0.1) is 10.8 Å². The largest absolute Gasteiger partial charge is 0.342 e. The minimum Gasteiger partial charge on any atom is -0.342 e. The van der Waals surface area contributed by atoms with Gasteiger partial charge in [-0.25, -0.2) is 8.42 Å². The molecule has 0 spiro atoms. The zero-order valence-electron chi connectivity index (χ0n) is 16.9. The first-order chi connectivity index (χ1) is 13.7. The SMILES string of the molecule is CC(C)C(=O)N1CCCC(C(=O)N2CCN(S(=O)(=O)c3ccc(Cl)cc3)CC2)C1. The van der Waals surface area contributed by atoms with E-state index >= 15 is 0 Å². The molecule has 2 heterocycles. The second-order valence-corrected chi connectivity index (χ2v) is 10.3. The lowest BCUT2D eigenvalue weighted by Gasteiger charge is -2.39. The number of carbonyl (C=O) groups excluding carboxylic acids is 2. The summed E-state index contributed by atoms with van der Waals surface area (Å²) in [6.07, 6.45) is 1.59. The van der Waals surface area contributed by atoms with Gasteiger partial charge < -0.3 is 9.80 Å². The number of nitrogens with zero attached hydrogens (tertiary/aromatic N) is 3. The zero-order chi connectivity index (χ0) is 21.2. The third-order valence-corrected chi connectivity index (χ3v) is 7.74. The molecule has 1 atom stereocenters. The molecule has 2 amide bonds. The van der Waals surface area contributed by atoms with Gasteiger partial charge in [-0.2, -0.15) is 4.31 Å². The molecule has 0 bridgehead atoms. The first-order valence-corrected chi connectivity index (χ1v) is 11.8. The molecule has 0 radical (unpaired) electrons. The smallest absolute Gasteiger partial charge is 0.243 e. The quantitative estimate of drug-likeness (QED) is 0.716. The Morgan fingerprint density at radius 3 is 2.21 bits per heavy atom. The summed E-state index contributed by atoms with van der Waals surface area (Å²) in [7, 11) is -3.60. The van der Waals surface area contributed by atoms with E-state index in [2.05, 4.69) is 0 Å². The van der Waals surface area contributed by atoms with Crippen molar-refractivity contribution >= 4 is 33.4 Å². The number of piperazine rings is 1. The van der Waals surface area contributed by atoms with E-state index in [0.29, 0.717) is 31.2 Å². The Hall–Kier alpha value is -1.64. The first-order valence-electron chi connectivity index (χ1n) is 10.0. The lowest BCUT2D eigenvalue weighted by atomic mass is 9.95. The number of hydrogen-bond acceptors (Lipinski definition) is 4. The van der Waals surface area contributed by atoms with Crippen molar-refractivity contribution in [1.29, 1.82) is 0 Å². The number of halogens is 1. The van der Waals surface area contributed by atoms with Crippen LogP contribution in [-0.4, -0.2) is 73.6 Å². The Balaban J connectivity index is 1.59. The van der Waals surface area contributed by atoms with Gasteiger partial charge >= 0.3 is 0 Å². The second-order valence-electron chi connectivity index (χ2n) is 7.96. The summed E-state index contributed by atoms with van der Waals surface area (Å²) in [5, 5.41) is 0.483. The molecule has 2 saturated heterocycles. The van der Waals surface area contributed by atoms with Crippen LogP contribution in [0.1, 0.15) is 26.7 Å². The second kappa shape index (κ2) is 9.02. The molecular weight excluding hydrogens is 414 g/mol. The van der Waals surface area contributed by atoms with Crippen LogP contribution in [0.5, 0.6) is 0 Å². The molecule has 2 aliphatic heterocycles. The van der Waals surface area contributed by atoms with E-state index in [4.69, 9.17) is 11.6 Å². The van der Waals surface area contributed by atoms with Crippen LogP contribution in [0.4, 0.5) is 0 Å². The van der Waals surface area contributed by atoms with Gasteiger partial charge in [-0.15, -0.1) is 0 Å². The number of benzene rings is 1. The number of carbonyl (C=O) groups is 2. The van der Waals surface area contributed by atoms with E-state index in [1.165, 1.54) is 16.4 Å². The van der Waals surface area contributed by atoms with Crippen LogP contribution in [-0.2, 0) is 19.6 Å². The van der Waals surface area contributed by atoms with Crippen molar-refractivity contribution in [3.63, 3.8) is 0 Å². The summed E-state index contributed by atoms with van der Waals surface area (Å²) < 4.78 is 27.0. The summed E-state index contributed by atoms with van der Waals surface area (Å²) in [6, 6.07) is 6.11. The molecule has 2 aliphatic rings. The van der Waals surface area contributed by atoms with Crippen LogP contribution < -0.4 is 0 Å². The van der Waals surface area contributed by atoms with E-state index in [9.17, 15) is 18.0 Å². The van der Waals surface area contributed by atoms with Gasteiger partial charge in [0.2, 0.25) is 21.8 Å². The molecule has 160 valence electrons. The normalized spacial score (nSPS) is 21.4. The number of sulfonamides is 1. The van der Waals surface area contributed by atoms with Gasteiger partial charge in [0.1, 0.15) is 0 Å². The van der Waals surface area contributed by atoms with Gasteiger partial charge in [0, 0.05) is 50.2 Å². The van der Waals surface area contributed by atoms with Crippen LogP contribution in [0.15, 0.2) is 29.2 Å². The van der Waals surface area contributed by atoms with Crippen LogP contribution in [0.3, 0.4) is 0 Å². The lowest BCUT2D eigenvalue weighted by Crippen LogP contribution is -2.54. The predicted octanol–water partition coefficient (Wildman–Crippen LogP) is 2.07. The van der Waals surface area contributed by atoms with E-state index in [0.717, 1.165) is 12.8 Å². The van der Waals surface area contributed by atoms with Gasteiger partial charge in [-0.3, -0.25) is 9.59 Å². The molecule has 0 aliphatic carbocycles. The maximum Gasteiger partial charge on any atom is 0.243 e. The summed E-state index contributed by atoms with van der Waals surface area (Å²) in [5.41, 5.74) is 0. The molecule has 7 nitrogen and oxygen atoms in total. The monoisotopic (exact) mass is 441 g/mol. The number of rotatable bonds is 4. The maximum absolute atomic E-state index is 13.0. The van der Waals surface area contributed by atoms with Crippen molar-refractivity contribution in [2.75, 3.05) is 39.3 Å². The number of piperidine rings is 1. The number of hydrogen-bond donors (Lipinski definition) is 0. The van der Waals surface area contributed by atoms with Gasteiger partial charge in [0.15, 0.2) is 0 Å². The third-order valence-electron chi connectivity index (χ3n) is 5.58. The van der Waals surface area contributed by atoms with Crippen molar-refractivity contribution in [2.24, 2.45) is 11.8 Å². The van der Waals surface area contributed by atoms with E-state index < -0.39 is 10.0 Å². The molecule has 0 saturated carbocycles. The minimum absolute atomic E-state index is 0.0230. The van der Waals surface area contributed by atoms with Crippen molar-refractivity contribution in [1.82, 2.24) is 14.1 Å². The van der Waals surface area contributed by atoms with Gasteiger partial charge in [-0.1, -0.05) is 25.4 Å². The summed E-state index contributed by atoms with van der Waals surface area (Å²) in [5.74, 6) is -0.174. The summed E-state index contributed by atoms with van der Waals surface area (Å²) in [4.78, 5) is 29.0. The van der Waals surface area contributed by atoms with E-state index in [-0.39, 0.29) is 41.6 Å². The van der Waals surface area contributed by atoms with E-state index in [1.807, 2.05) is 13.8 Å². The Morgan fingerprint density at radius 2 is 1.62 bits per heavy atom. The van der Waals surface area contributed by atoms with Crippen molar-refractivity contribution in [3.8, 4) is 0 Å². The molecule has 29 heavy (non-hydrogen) atoms. The molecule has 3 rings (SSSR count). The Morgan fingerprint density at radius 1 is 1.00 bits per heavy atom. The molecule has 0 N–H and O–H groups in total. The molecule has 1 aromatic rings. The zero-order valence-corrected chi connectivity index (χ0v) is 18.5. The number of likely N-dealkylation sites (tertiary alicyclic amines) is 1. The highest BCUT2D eigenvalue weighted by Crippen LogP contribution is 2.23. The van der Waals surface area contributed by atoms with Gasteiger partial charge in [0.25, 0.3) is 0 Å². The molecule has 9 heteroatoms. The predicted molar refractivity (Wildman–Crippen MR) is 111 cm³/mol. The highest BCUT2D eigenvalue weighted by Gasteiger charge is 2.35. The average Bonchev–Trinajstić information content (AvgIpc) is 2.73. The molecule has 1 unspecified atom stereocenters. The average molecular weight is 442 g/mol. The van der Waals surface area contributed by atoms with Crippen LogP contribution >= 0.6 is 11.6 Å². The molecular formula is C20H28ClN3O4S. The fourth-order valence-corrected chi connectivity index (χ4v) is 5.45. The third kappa shape index (κ3) is 4.92. The lowest BCUT2D eigenvalue weighted by molar-refractivity contribution is -0.143. The van der Waals surface area contributed by atoms with Crippen LogP contribution in [0.25, 0.3) is 0 Å². The molecule has 2 fully saturated rings. The Labute approximate surface area is 177 Å². The van der Waals surface area contributed by atoms with Crippen LogP contribution in [0, 0.1) is 11.8 Å². The van der Waals surface area contributed by atoms with Crippen LogP contribution in [0.2, 0.25) is 5.02 Å². The Bertz CT molecular complexity index is 849. The first kappa shape index (κ1) is 22.1. The summed E-state index contributed by atoms with van der Waals surface area (Å²) in [6.45, 7) is 6.14. The molecule has 1 aromatic carbocycles. The summed E-state index contributed by atoms with van der Waals surface area (Å²) >= 11 is 5.85. The maximum atomic E-state index is 13.0. The fourth-order valence-electron chi connectivity index (χ4n) is 3.91. The van der Waals surface area contributed by atoms with Gasteiger partial charge in [-0.05, 0) is 37.1 Å². The molecule has 0 aromatic heterocycles. The van der Waals surface area contributed by atoms with E-state index in [1.54, 1.807) is 21.9 Å². The topological polar surface area (TPSA) is 78.0 Å². The highest BCUT2D eigenvalue weighted by atomic mass is 35.5. The minimum atomic E-state index is -3.60. The van der Waals surface area contributed by atoms with Crippen molar-refractivity contribution < 1.29 is 18.0 Å². The number of amides is 2.